The van der Waals surface area contributed by atoms with Crippen molar-refractivity contribution in [2.45, 2.75) is 69.6 Å². The standard InChI is InChI=1S/C22H27F3N2O4/c23-22(24,25)18(15-11-5-2-6-12-15)26-21(31)27-17(20(29)30)16(19(27)28)13-7-10-14-8-3-1-4-9-14/h1,3-4,8-9,15-18H,2,5-7,10-13H2,(H,26,31)(H,29,30)/t16-,17+,18?/m1/s1. The van der Waals surface area contributed by atoms with Crippen LogP contribution in [0.2, 0.25) is 0 Å². The Kier molecular flexibility index (Phi) is 7.23. The Hall–Kier alpha value is -2.58. The lowest BCUT2D eigenvalue weighted by Gasteiger charge is -2.44. The molecule has 1 saturated carbocycles. The van der Waals surface area contributed by atoms with Crippen molar-refractivity contribution in [3.63, 3.8) is 0 Å². The largest absolute Gasteiger partial charge is 0.480 e. The normalized spacial score (nSPS) is 23.2. The summed E-state index contributed by atoms with van der Waals surface area (Å²) < 4.78 is 40.7. The van der Waals surface area contributed by atoms with Crippen LogP contribution in [0.3, 0.4) is 0 Å². The molecule has 1 aliphatic heterocycles. The number of halogens is 3. The molecule has 170 valence electrons. The number of imide groups is 1. The van der Waals surface area contributed by atoms with E-state index in [0.29, 0.717) is 43.4 Å². The monoisotopic (exact) mass is 440 g/mol. The van der Waals surface area contributed by atoms with Crippen molar-refractivity contribution in [2.75, 3.05) is 0 Å². The molecule has 0 radical (unpaired) electrons. The van der Waals surface area contributed by atoms with Gasteiger partial charge < -0.3 is 10.4 Å². The number of likely N-dealkylation sites (tertiary alicyclic amines) is 1. The summed E-state index contributed by atoms with van der Waals surface area (Å²) in [7, 11) is 0. The molecule has 3 atom stereocenters. The Morgan fingerprint density at radius 2 is 1.77 bits per heavy atom. The Bertz CT molecular complexity index is 794. The lowest BCUT2D eigenvalue weighted by atomic mass is 9.82. The van der Waals surface area contributed by atoms with Crippen LogP contribution in [0.5, 0.6) is 0 Å². The van der Waals surface area contributed by atoms with E-state index < -0.39 is 48.0 Å². The Labute approximate surface area is 178 Å². The van der Waals surface area contributed by atoms with Crippen molar-refractivity contribution in [1.29, 1.82) is 0 Å². The Balaban J connectivity index is 1.63. The van der Waals surface area contributed by atoms with Crippen molar-refractivity contribution in [2.24, 2.45) is 11.8 Å². The lowest BCUT2D eigenvalue weighted by Crippen LogP contribution is -2.69. The molecule has 9 heteroatoms. The summed E-state index contributed by atoms with van der Waals surface area (Å²) >= 11 is 0. The summed E-state index contributed by atoms with van der Waals surface area (Å²) in [4.78, 5) is 37.1. The van der Waals surface area contributed by atoms with Crippen LogP contribution < -0.4 is 5.32 Å². The van der Waals surface area contributed by atoms with Gasteiger partial charge >= 0.3 is 18.2 Å². The highest BCUT2D eigenvalue weighted by molar-refractivity contribution is 6.07. The summed E-state index contributed by atoms with van der Waals surface area (Å²) in [6.45, 7) is 0. The van der Waals surface area contributed by atoms with Crippen LogP contribution in [0.1, 0.15) is 50.5 Å². The smallest absolute Gasteiger partial charge is 0.408 e. The number of nitrogens with zero attached hydrogens (tertiary/aromatic N) is 1. The minimum atomic E-state index is -4.67. The van der Waals surface area contributed by atoms with Crippen LogP contribution in [0.15, 0.2) is 30.3 Å². The van der Waals surface area contributed by atoms with Gasteiger partial charge in [0.1, 0.15) is 6.04 Å². The molecule has 31 heavy (non-hydrogen) atoms. The molecule has 3 rings (SSSR count). The van der Waals surface area contributed by atoms with Gasteiger partial charge in [0, 0.05) is 0 Å². The highest BCUT2D eigenvalue weighted by atomic mass is 19.4. The maximum absolute atomic E-state index is 13.6. The van der Waals surface area contributed by atoms with Gasteiger partial charge in [-0.15, -0.1) is 0 Å². The fourth-order valence-electron chi connectivity index (χ4n) is 4.65. The molecule has 0 bridgehead atoms. The zero-order valence-electron chi connectivity index (χ0n) is 17.1. The quantitative estimate of drug-likeness (QED) is 0.624. The van der Waals surface area contributed by atoms with E-state index in [4.69, 9.17) is 0 Å². The Morgan fingerprint density at radius 3 is 2.35 bits per heavy atom. The van der Waals surface area contributed by atoms with Crippen molar-refractivity contribution in [3.8, 4) is 0 Å². The van der Waals surface area contributed by atoms with E-state index in [-0.39, 0.29) is 6.42 Å². The van der Waals surface area contributed by atoms with Gasteiger partial charge in [-0.25, -0.2) is 14.5 Å². The van der Waals surface area contributed by atoms with Gasteiger partial charge in [-0.1, -0.05) is 49.6 Å². The summed E-state index contributed by atoms with van der Waals surface area (Å²) in [5, 5.41) is 11.4. The van der Waals surface area contributed by atoms with Gasteiger partial charge in [-0.2, -0.15) is 13.2 Å². The SMILES string of the molecule is O=C(O)[C@@H]1[C@@H](CCCc2ccccc2)C(=O)N1C(=O)NC(C1CCCCC1)C(F)(F)F. The third-order valence-corrected chi connectivity index (χ3v) is 6.26. The van der Waals surface area contributed by atoms with E-state index in [1.54, 1.807) is 0 Å². The van der Waals surface area contributed by atoms with Crippen LogP contribution in [-0.4, -0.2) is 46.2 Å². The van der Waals surface area contributed by atoms with E-state index in [9.17, 15) is 32.7 Å². The van der Waals surface area contributed by atoms with Crippen LogP contribution >= 0.6 is 0 Å². The first-order chi connectivity index (χ1) is 14.7. The van der Waals surface area contributed by atoms with Crippen molar-refractivity contribution in [1.82, 2.24) is 10.2 Å². The lowest BCUT2D eigenvalue weighted by molar-refractivity contribution is -0.173. The number of aryl methyl sites for hydroxylation is 1. The van der Waals surface area contributed by atoms with Gasteiger partial charge in [0.2, 0.25) is 5.91 Å². The van der Waals surface area contributed by atoms with E-state index in [0.717, 1.165) is 12.0 Å². The number of urea groups is 1. The van der Waals surface area contributed by atoms with Crippen molar-refractivity contribution >= 4 is 17.9 Å². The van der Waals surface area contributed by atoms with Gasteiger partial charge in [0.15, 0.2) is 6.04 Å². The van der Waals surface area contributed by atoms with Gasteiger partial charge in [-0.3, -0.25) is 4.79 Å². The number of carbonyl (C=O) groups excluding carboxylic acids is 2. The topological polar surface area (TPSA) is 86.7 Å². The predicted octanol–water partition coefficient (Wildman–Crippen LogP) is 4.14. The first kappa shape index (κ1) is 23.1. The molecular formula is C22H27F3N2O4. The molecule has 2 fully saturated rings. The number of benzene rings is 1. The predicted molar refractivity (Wildman–Crippen MR) is 106 cm³/mol. The van der Waals surface area contributed by atoms with Crippen LogP contribution in [0.4, 0.5) is 18.0 Å². The second kappa shape index (κ2) is 9.70. The maximum atomic E-state index is 13.6. The molecule has 1 unspecified atom stereocenters. The van der Waals surface area contributed by atoms with Gasteiger partial charge in [0.25, 0.3) is 0 Å². The van der Waals surface area contributed by atoms with Crippen molar-refractivity contribution in [3.05, 3.63) is 35.9 Å². The molecule has 1 saturated heterocycles. The van der Waals surface area contributed by atoms with E-state index in [2.05, 4.69) is 0 Å². The third-order valence-electron chi connectivity index (χ3n) is 6.26. The molecule has 1 aromatic rings. The molecule has 2 aliphatic rings. The second-order valence-electron chi connectivity index (χ2n) is 8.34. The molecule has 6 nitrogen and oxygen atoms in total. The van der Waals surface area contributed by atoms with Gasteiger partial charge in [-0.05, 0) is 43.6 Å². The minimum absolute atomic E-state index is 0.250. The minimum Gasteiger partial charge on any atom is -0.480 e. The molecule has 3 amide bonds. The summed E-state index contributed by atoms with van der Waals surface area (Å²) in [6.07, 6.45) is -0.418. The van der Waals surface area contributed by atoms with Gasteiger partial charge in [0.05, 0.1) is 5.92 Å². The fraction of sp³-hybridized carbons (Fsp3) is 0.591. The first-order valence-electron chi connectivity index (χ1n) is 10.7. The summed E-state index contributed by atoms with van der Waals surface area (Å²) in [5.41, 5.74) is 1.04. The Morgan fingerprint density at radius 1 is 1.13 bits per heavy atom. The first-order valence-corrected chi connectivity index (χ1v) is 10.7. The van der Waals surface area contributed by atoms with Crippen LogP contribution in [0, 0.1) is 11.8 Å². The molecule has 0 spiro atoms. The zero-order valence-corrected chi connectivity index (χ0v) is 17.1. The number of hydrogen-bond acceptors (Lipinski definition) is 3. The molecular weight excluding hydrogens is 413 g/mol. The number of carboxylic acids is 1. The van der Waals surface area contributed by atoms with Crippen LogP contribution in [-0.2, 0) is 16.0 Å². The number of β-lactam (4-membered cyclic amide) rings is 1. The molecule has 1 aliphatic carbocycles. The number of amides is 3. The molecule has 2 N–H and O–H groups in total. The average molecular weight is 440 g/mol. The van der Waals surface area contributed by atoms with E-state index >= 15 is 0 Å². The molecule has 1 aromatic carbocycles. The van der Waals surface area contributed by atoms with Crippen LogP contribution in [0.25, 0.3) is 0 Å². The average Bonchev–Trinajstić information content (AvgIpc) is 2.73. The number of carbonyl (C=O) groups is 3. The number of aliphatic carboxylic acids is 1. The highest BCUT2D eigenvalue weighted by Crippen LogP contribution is 2.36. The third kappa shape index (κ3) is 5.37. The summed E-state index contributed by atoms with van der Waals surface area (Å²) in [6, 6.07) is 4.66. The molecule has 0 aromatic heterocycles. The number of hydrogen-bond donors (Lipinski definition) is 2. The second-order valence-corrected chi connectivity index (χ2v) is 8.34. The maximum Gasteiger partial charge on any atom is 0.408 e. The fourth-order valence-corrected chi connectivity index (χ4v) is 4.65. The number of alkyl halides is 3. The zero-order chi connectivity index (χ0) is 22.6. The number of rotatable bonds is 7. The van der Waals surface area contributed by atoms with Crippen molar-refractivity contribution < 1.29 is 32.7 Å². The highest BCUT2D eigenvalue weighted by Gasteiger charge is 2.56. The number of carboxylic acid groups (broad SMARTS) is 1. The summed E-state index contributed by atoms with van der Waals surface area (Å²) in [5.74, 6) is -3.80. The van der Waals surface area contributed by atoms with E-state index in [1.165, 1.54) is 0 Å². The number of nitrogens with one attached hydrogen (secondary N) is 1. The molecule has 1 heterocycles. The van der Waals surface area contributed by atoms with E-state index in [1.807, 2.05) is 35.6 Å².